The van der Waals surface area contributed by atoms with Crippen LogP contribution in [-0.4, -0.2) is 5.88 Å². The van der Waals surface area contributed by atoms with E-state index in [0.29, 0.717) is 10.8 Å². The first-order valence-electron chi connectivity index (χ1n) is 4.83. The van der Waals surface area contributed by atoms with Crippen LogP contribution in [-0.2, 0) is 0 Å². The molecule has 0 aliphatic heterocycles. The monoisotopic (exact) mass is 190 g/mol. The first-order chi connectivity index (χ1) is 5.27. The van der Waals surface area contributed by atoms with E-state index in [1.807, 2.05) is 0 Å². The summed E-state index contributed by atoms with van der Waals surface area (Å²) in [4.78, 5) is 0. The van der Waals surface area contributed by atoms with Crippen LogP contribution in [0.1, 0.15) is 53.9 Å². The Bertz CT molecular complexity index is 119. The van der Waals surface area contributed by atoms with Crippen molar-refractivity contribution in [1.82, 2.24) is 0 Å². The third-order valence-corrected chi connectivity index (χ3v) is 2.87. The van der Waals surface area contributed by atoms with Gasteiger partial charge in [0.25, 0.3) is 0 Å². The summed E-state index contributed by atoms with van der Waals surface area (Å²) >= 11 is 5.84. The molecule has 0 heterocycles. The molecule has 0 fully saturated rings. The van der Waals surface area contributed by atoms with Gasteiger partial charge in [-0.3, -0.25) is 0 Å². The summed E-state index contributed by atoms with van der Waals surface area (Å²) in [5.41, 5.74) is 0.801. The lowest BCUT2D eigenvalue weighted by Crippen LogP contribution is -2.14. The van der Waals surface area contributed by atoms with E-state index in [1.165, 1.54) is 19.3 Å². The van der Waals surface area contributed by atoms with Crippen LogP contribution < -0.4 is 0 Å². The summed E-state index contributed by atoms with van der Waals surface area (Å²) in [6, 6.07) is 0. The number of hydrogen-bond donors (Lipinski definition) is 0. The topological polar surface area (TPSA) is 0 Å². The van der Waals surface area contributed by atoms with Gasteiger partial charge in [0, 0.05) is 5.88 Å². The SMILES string of the molecule is CC(C)(C)CCCC(C)(C)CCl. The number of rotatable bonds is 4. The molecule has 0 amide bonds. The lowest BCUT2D eigenvalue weighted by molar-refractivity contribution is 0.304. The Morgan fingerprint density at radius 1 is 0.917 bits per heavy atom. The standard InChI is InChI=1S/C11H23Cl/c1-10(2,3)7-6-8-11(4,5)9-12/h6-9H2,1-5H3. The average Bonchev–Trinajstić information content (AvgIpc) is 1.84. The maximum atomic E-state index is 5.84. The van der Waals surface area contributed by atoms with Gasteiger partial charge in [0.2, 0.25) is 0 Å². The fourth-order valence-electron chi connectivity index (χ4n) is 1.16. The molecule has 0 aromatic rings. The molecule has 0 rings (SSSR count). The minimum absolute atomic E-state index is 0.326. The third kappa shape index (κ3) is 6.97. The molecule has 0 spiro atoms. The highest BCUT2D eigenvalue weighted by Gasteiger charge is 2.17. The van der Waals surface area contributed by atoms with Gasteiger partial charge in [-0.15, -0.1) is 11.6 Å². The number of halogens is 1. The van der Waals surface area contributed by atoms with Crippen LogP contribution in [0.2, 0.25) is 0 Å². The number of hydrogen-bond acceptors (Lipinski definition) is 0. The Hall–Kier alpha value is 0.290. The molecule has 0 aliphatic carbocycles. The first-order valence-corrected chi connectivity index (χ1v) is 5.36. The molecule has 0 radical (unpaired) electrons. The zero-order valence-electron chi connectivity index (χ0n) is 9.21. The molecular formula is C11H23Cl. The van der Waals surface area contributed by atoms with Crippen molar-refractivity contribution in [2.75, 3.05) is 5.88 Å². The second-order valence-corrected chi connectivity index (χ2v) is 5.98. The molecule has 0 aromatic heterocycles. The van der Waals surface area contributed by atoms with Gasteiger partial charge in [-0.05, 0) is 23.7 Å². The highest BCUT2D eigenvalue weighted by Crippen LogP contribution is 2.29. The quantitative estimate of drug-likeness (QED) is 0.574. The summed E-state index contributed by atoms with van der Waals surface area (Å²) in [7, 11) is 0. The molecule has 0 bridgehead atoms. The molecule has 0 N–H and O–H groups in total. The molecule has 1 heteroatoms. The van der Waals surface area contributed by atoms with E-state index in [2.05, 4.69) is 34.6 Å². The fourth-order valence-corrected chi connectivity index (χ4v) is 1.30. The van der Waals surface area contributed by atoms with Gasteiger partial charge in [0.1, 0.15) is 0 Å². The Kier molecular flexibility index (Phi) is 4.61. The van der Waals surface area contributed by atoms with Crippen LogP contribution >= 0.6 is 11.6 Å². The van der Waals surface area contributed by atoms with Gasteiger partial charge < -0.3 is 0 Å². The molecular weight excluding hydrogens is 168 g/mol. The van der Waals surface area contributed by atoms with E-state index in [0.717, 1.165) is 5.88 Å². The lowest BCUT2D eigenvalue weighted by Gasteiger charge is -2.24. The van der Waals surface area contributed by atoms with Crippen LogP contribution in [0.4, 0.5) is 0 Å². The van der Waals surface area contributed by atoms with E-state index < -0.39 is 0 Å². The van der Waals surface area contributed by atoms with Gasteiger partial charge in [0.05, 0.1) is 0 Å². The lowest BCUT2D eigenvalue weighted by atomic mass is 9.84. The van der Waals surface area contributed by atoms with Crippen molar-refractivity contribution in [3.63, 3.8) is 0 Å². The predicted molar refractivity (Wildman–Crippen MR) is 57.8 cm³/mol. The Balaban J connectivity index is 3.57. The van der Waals surface area contributed by atoms with Crippen molar-refractivity contribution in [1.29, 1.82) is 0 Å². The minimum Gasteiger partial charge on any atom is -0.126 e. The summed E-state index contributed by atoms with van der Waals surface area (Å²) in [5, 5.41) is 0. The second-order valence-electron chi connectivity index (χ2n) is 5.71. The van der Waals surface area contributed by atoms with Crippen LogP contribution in [0.3, 0.4) is 0 Å². The largest absolute Gasteiger partial charge is 0.126 e. The Morgan fingerprint density at radius 3 is 1.75 bits per heavy atom. The van der Waals surface area contributed by atoms with Crippen LogP contribution in [0.5, 0.6) is 0 Å². The average molecular weight is 191 g/mol. The second kappa shape index (κ2) is 4.50. The smallest absolute Gasteiger partial charge is 0.0274 e. The zero-order chi connectivity index (χ0) is 9.83. The molecule has 12 heavy (non-hydrogen) atoms. The van der Waals surface area contributed by atoms with E-state index in [9.17, 15) is 0 Å². The van der Waals surface area contributed by atoms with Crippen molar-refractivity contribution in [2.45, 2.75) is 53.9 Å². The van der Waals surface area contributed by atoms with Gasteiger partial charge in [-0.1, -0.05) is 41.0 Å². The fraction of sp³-hybridized carbons (Fsp3) is 1.00. The van der Waals surface area contributed by atoms with Crippen LogP contribution in [0, 0.1) is 10.8 Å². The van der Waals surface area contributed by atoms with Gasteiger partial charge in [0.15, 0.2) is 0 Å². The summed E-state index contributed by atoms with van der Waals surface area (Å²) in [6.45, 7) is 11.4. The van der Waals surface area contributed by atoms with Crippen molar-refractivity contribution >= 4 is 11.6 Å². The molecule has 74 valence electrons. The first kappa shape index (κ1) is 12.3. The molecule has 0 saturated carbocycles. The van der Waals surface area contributed by atoms with Crippen molar-refractivity contribution < 1.29 is 0 Å². The molecule has 0 saturated heterocycles. The van der Waals surface area contributed by atoms with Crippen molar-refractivity contribution in [3.05, 3.63) is 0 Å². The maximum Gasteiger partial charge on any atom is 0.0274 e. The van der Waals surface area contributed by atoms with Gasteiger partial charge in [-0.2, -0.15) is 0 Å². The molecule has 0 aliphatic rings. The van der Waals surface area contributed by atoms with E-state index in [1.54, 1.807) is 0 Å². The highest BCUT2D eigenvalue weighted by atomic mass is 35.5. The van der Waals surface area contributed by atoms with E-state index >= 15 is 0 Å². The van der Waals surface area contributed by atoms with Crippen LogP contribution in [0.25, 0.3) is 0 Å². The Labute approximate surface area is 82.7 Å². The van der Waals surface area contributed by atoms with Gasteiger partial charge in [-0.25, -0.2) is 0 Å². The van der Waals surface area contributed by atoms with E-state index in [4.69, 9.17) is 11.6 Å². The number of alkyl halides is 1. The predicted octanol–water partition coefficient (Wildman–Crippen LogP) is 4.47. The summed E-state index contributed by atoms with van der Waals surface area (Å²) < 4.78 is 0. The van der Waals surface area contributed by atoms with Crippen LogP contribution in [0.15, 0.2) is 0 Å². The minimum atomic E-state index is 0.326. The zero-order valence-corrected chi connectivity index (χ0v) is 9.96. The highest BCUT2D eigenvalue weighted by molar-refractivity contribution is 6.18. The maximum absolute atomic E-state index is 5.84. The van der Waals surface area contributed by atoms with Gasteiger partial charge >= 0.3 is 0 Å². The Morgan fingerprint density at radius 2 is 1.42 bits per heavy atom. The summed E-state index contributed by atoms with van der Waals surface area (Å²) in [5.74, 6) is 0.775. The van der Waals surface area contributed by atoms with E-state index in [-0.39, 0.29) is 0 Å². The molecule has 0 unspecified atom stereocenters. The third-order valence-electron chi connectivity index (χ3n) is 2.14. The van der Waals surface area contributed by atoms with Crippen molar-refractivity contribution in [2.24, 2.45) is 10.8 Å². The summed E-state index contributed by atoms with van der Waals surface area (Å²) in [6.07, 6.45) is 3.84. The molecule has 0 aromatic carbocycles. The molecule has 0 atom stereocenters. The normalized spacial score (nSPS) is 13.5. The van der Waals surface area contributed by atoms with Crippen molar-refractivity contribution in [3.8, 4) is 0 Å². The molecule has 0 nitrogen and oxygen atoms in total.